The molecule has 0 radical (unpaired) electrons. The number of thiol groups is 2. The summed E-state index contributed by atoms with van der Waals surface area (Å²) in [6, 6.07) is 21.0. The molecule has 0 aromatic heterocycles. The number of nitrogens with one attached hydrogen (secondary N) is 2. The number of hydrogen-bond acceptors (Lipinski definition) is 6. The quantitative estimate of drug-likeness (QED) is 0.428. The van der Waals surface area contributed by atoms with Gasteiger partial charge in [-0.3, -0.25) is 14.9 Å². The van der Waals surface area contributed by atoms with Crippen molar-refractivity contribution in [2.75, 3.05) is 9.62 Å². The molecule has 3 rings (SSSR count). The van der Waals surface area contributed by atoms with Crippen molar-refractivity contribution in [3.05, 3.63) is 96.1 Å². The standard InChI is InChI=1S/C22H18N4O4S2/c27-19(15-9-3-1-4-10-15)24-22(30)25(31)18-14-8-7-13-17(18)23-21(29)26(32)20(28)16-11-5-2-6-12-16/h1-14,31-32H,(H,23,29)(H,24,27,30). The third-order valence-corrected chi connectivity index (χ3v) is 4.99. The lowest BCUT2D eigenvalue weighted by Crippen LogP contribution is -2.39. The smallest absolute Gasteiger partial charge is 0.305 e. The number of urea groups is 2. The highest BCUT2D eigenvalue weighted by Gasteiger charge is 2.23. The number of carbonyl (C=O) groups is 4. The molecule has 0 fully saturated rings. The Labute approximate surface area is 195 Å². The first-order valence-electron chi connectivity index (χ1n) is 9.26. The van der Waals surface area contributed by atoms with E-state index in [-0.39, 0.29) is 16.9 Å². The number of carbonyl (C=O) groups excluding carboxylic acids is 4. The molecule has 0 heterocycles. The summed E-state index contributed by atoms with van der Waals surface area (Å²) in [6.07, 6.45) is 0. The monoisotopic (exact) mass is 466 g/mol. The number of para-hydroxylation sites is 2. The fraction of sp³-hybridized carbons (Fsp3) is 0. The highest BCUT2D eigenvalue weighted by Crippen LogP contribution is 2.27. The van der Waals surface area contributed by atoms with Crippen LogP contribution in [0, 0.1) is 0 Å². The van der Waals surface area contributed by atoms with Gasteiger partial charge < -0.3 is 5.32 Å². The van der Waals surface area contributed by atoms with E-state index in [1.807, 2.05) is 0 Å². The summed E-state index contributed by atoms with van der Waals surface area (Å²) in [4.78, 5) is 49.7. The average Bonchev–Trinajstić information content (AvgIpc) is 2.84. The van der Waals surface area contributed by atoms with E-state index in [2.05, 4.69) is 36.3 Å². The van der Waals surface area contributed by atoms with Gasteiger partial charge in [-0.1, -0.05) is 74.2 Å². The Morgan fingerprint density at radius 1 is 0.656 bits per heavy atom. The maximum atomic E-state index is 12.6. The van der Waals surface area contributed by atoms with Crippen molar-refractivity contribution in [1.82, 2.24) is 9.62 Å². The van der Waals surface area contributed by atoms with E-state index in [9.17, 15) is 19.2 Å². The molecule has 0 aliphatic carbocycles. The normalized spacial score (nSPS) is 10.1. The molecule has 0 bridgehead atoms. The maximum absolute atomic E-state index is 12.6. The second kappa shape index (κ2) is 10.5. The predicted octanol–water partition coefficient (Wildman–Crippen LogP) is 4.41. The Bertz CT molecular complexity index is 1140. The molecule has 3 aromatic carbocycles. The molecule has 0 aliphatic heterocycles. The van der Waals surface area contributed by atoms with Gasteiger partial charge in [-0.15, -0.1) is 0 Å². The lowest BCUT2D eigenvalue weighted by Gasteiger charge is -2.21. The molecule has 0 saturated carbocycles. The van der Waals surface area contributed by atoms with E-state index in [1.165, 1.54) is 12.1 Å². The highest BCUT2D eigenvalue weighted by molar-refractivity contribution is 7.82. The Hall–Kier alpha value is -3.76. The number of imide groups is 2. The van der Waals surface area contributed by atoms with Gasteiger partial charge in [0.15, 0.2) is 0 Å². The number of nitrogens with zero attached hydrogens (tertiary/aromatic N) is 2. The van der Waals surface area contributed by atoms with Crippen LogP contribution in [0.15, 0.2) is 84.9 Å². The van der Waals surface area contributed by atoms with Gasteiger partial charge in [0.05, 0.1) is 11.4 Å². The first-order valence-corrected chi connectivity index (χ1v) is 10.1. The summed E-state index contributed by atoms with van der Waals surface area (Å²) in [5.41, 5.74) is 0.932. The molecule has 3 aromatic rings. The number of benzene rings is 3. The van der Waals surface area contributed by atoms with Crippen molar-refractivity contribution in [3.8, 4) is 0 Å². The Kier molecular flexibility index (Phi) is 7.53. The fourth-order valence-electron chi connectivity index (χ4n) is 2.65. The molecule has 6 amide bonds. The molecular formula is C22H18N4O4S2. The van der Waals surface area contributed by atoms with Crippen LogP contribution in [0.25, 0.3) is 0 Å². The molecule has 0 aliphatic rings. The minimum atomic E-state index is -0.836. The number of hydrogen-bond donors (Lipinski definition) is 4. The molecule has 2 N–H and O–H groups in total. The van der Waals surface area contributed by atoms with Crippen molar-refractivity contribution < 1.29 is 19.2 Å². The largest absolute Gasteiger partial charge is 0.339 e. The summed E-state index contributed by atoms with van der Waals surface area (Å²) in [5.74, 6) is -1.23. The van der Waals surface area contributed by atoms with E-state index >= 15 is 0 Å². The molecule has 0 saturated heterocycles. The molecular weight excluding hydrogens is 448 g/mol. The molecule has 0 atom stereocenters. The zero-order valence-electron chi connectivity index (χ0n) is 16.5. The molecule has 162 valence electrons. The van der Waals surface area contributed by atoms with Gasteiger partial charge in [-0.2, -0.15) is 0 Å². The zero-order chi connectivity index (χ0) is 23.1. The van der Waals surface area contributed by atoms with Gasteiger partial charge in [0.1, 0.15) is 0 Å². The third-order valence-electron chi connectivity index (χ3n) is 4.23. The van der Waals surface area contributed by atoms with Crippen LogP contribution in [0.3, 0.4) is 0 Å². The van der Waals surface area contributed by atoms with Crippen LogP contribution >= 0.6 is 25.6 Å². The maximum Gasteiger partial charge on any atom is 0.339 e. The van der Waals surface area contributed by atoms with Gasteiger partial charge in [0.25, 0.3) is 11.8 Å². The van der Waals surface area contributed by atoms with Gasteiger partial charge in [0, 0.05) is 11.1 Å². The molecule has 32 heavy (non-hydrogen) atoms. The SMILES string of the molecule is O=C(NC(=O)N(S)c1ccccc1NC(=O)N(S)C(=O)c1ccccc1)c1ccccc1. The summed E-state index contributed by atoms with van der Waals surface area (Å²) >= 11 is 8.15. The molecule has 0 spiro atoms. The van der Waals surface area contributed by atoms with E-state index in [4.69, 9.17) is 0 Å². The summed E-state index contributed by atoms with van der Waals surface area (Å²) in [6.45, 7) is 0. The van der Waals surface area contributed by atoms with Crippen LogP contribution in [0.4, 0.5) is 21.0 Å². The van der Waals surface area contributed by atoms with Crippen LogP contribution in [-0.4, -0.2) is 28.2 Å². The highest BCUT2D eigenvalue weighted by atomic mass is 32.1. The first kappa shape index (κ1) is 22.9. The van der Waals surface area contributed by atoms with Crippen LogP contribution in [-0.2, 0) is 0 Å². The van der Waals surface area contributed by atoms with Gasteiger partial charge >= 0.3 is 12.1 Å². The van der Waals surface area contributed by atoms with Gasteiger partial charge in [-0.25, -0.2) is 18.2 Å². The van der Waals surface area contributed by atoms with Gasteiger partial charge in [-0.05, 0) is 36.4 Å². The second-order valence-corrected chi connectivity index (χ2v) is 7.17. The number of amides is 6. The zero-order valence-corrected chi connectivity index (χ0v) is 18.3. The number of rotatable bonds is 4. The number of anilines is 2. The topological polar surface area (TPSA) is 98.8 Å². The predicted molar refractivity (Wildman–Crippen MR) is 128 cm³/mol. The molecule has 8 nitrogen and oxygen atoms in total. The van der Waals surface area contributed by atoms with Crippen molar-refractivity contribution >= 4 is 60.9 Å². The third kappa shape index (κ3) is 5.48. The minimum Gasteiger partial charge on any atom is -0.305 e. The Morgan fingerprint density at radius 3 is 1.81 bits per heavy atom. The summed E-state index contributed by atoms with van der Waals surface area (Å²) < 4.78 is 1.49. The van der Waals surface area contributed by atoms with Crippen molar-refractivity contribution in [2.24, 2.45) is 0 Å². The fourth-order valence-corrected chi connectivity index (χ4v) is 3.04. The van der Waals surface area contributed by atoms with Crippen LogP contribution in [0.5, 0.6) is 0 Å². The summed E-state index contributed by atoms with van der Waals surface area (Å²) in [7, 11) is 0. The summed E-state index contributed by atoms with van der Waals surface area (Å²) in [5, 5.41) is 4.73. The molecule has 10 heteroatoms. The van der Waals surface area contributed by atoms with Crippen LogP contribution in [0.1, 0.15) is 20.7 Å². The van der Waals surface area contributed by atoms with Crippen molar-refractivity contribution in [2.45, 2.75) is 0 Å². The van der Waals surface area contributed by atoms with Gasteiger partial charge in [0.2, 0.25) is 0 Å². The Balaban J connectivity index is 1.72. The average molecular weight is 467 g/mol. The van der Waals surface area contributed by atoms with Crippen molar-refractivity contribution in [3.63, 3.8) is 0 Å². The van der Waals surface area contributed by atoms with E-state index in [1.54, 1.807) is 72.8 Å². The first-order chi connectivity index (χ1) is 15.4. The lowest BCUT2D eigenvalue weighted by molar-refractivity contribution is 0.0900. The minimum absolute atomic E-state index is 0.176. The lowest BCUT2D eigenvalue weighted by atomic mass is 10.2. The van der Waals surface area contributed by atoms with E-state index < -0.39 is 23.9 Å². The van der Waals surface area contributed by atoms with E-state index in [0.717, 1.165) is 4.31 Å². The van der Waals surface area contributed by atoms with Crippen LogP contribution < -0.4 is 14.9 Å². The Morgan fingerprint density at radius 2 is 1.19 bits per heavy atom. The van der Waals surface area contributed by atoms with Crippen molar-refractivity contribution in [1.29, 1.82) is 0 Å². The molecule has 0 unspecified atom stereocenters. The second-order valence-electron chi connectivity index (χ2n) is 6.37. The van der Waals surface area contributed by atoms with Crippen LogP contribution in [0.2, 0.25) is 0 Å². The van der Waals surface area contributed by atoms with E-state index in [0.29, 0.717) is 9.87 Å².